The van der Waals surface area contributed by atoms with Crippen molar-refractivity contribution in [1.29, 1.82) is 0 Å². The van der Waals surface area contributed by atoms with Crippen molar-refractivity contribution >= 4 is 11.8 Å². The predicted octanol–water partition coefficient (Wildman–Crippen LogP) is 2.19. The molecule has 0 spiro atoms. The molecule has 1 N–H and O–H groups in total. The van der Waals surface area contributed by atoms with Gasteiger partial charge < -0.3 is 10.2 Å². The molecule has 1 aromatic heterocycles. The number of hydrogen-bond acceptors (Lipinski definition) is 3. The van der Waals surface area contributed by atoms with Gasteiger partial charge in [-0.3, -0.25) is 14.6 Å². The van der Waals surface area contributed by atoms with E-state index in [0.29, 0.717) is 25.2 Å². The number of aromatic nitrogens is 1. The van der Waals surface area contributed by atoms with Gasteiger partial charge in [0.1, 0.15) is 5.82 Å². The van der Waals surface area contributed by atoms with Crippen molar-refractivity contribution in [3.63, 3.8) is 0 Å². The molecule has 3 rings (SSSR count). The fourth-order valence-electron chi connectivity index (χ4n) is 2.94. The molecule has 0 bridgehead atoms. The zero-order valence-corrected chi connectivity index (χ0v) is 14.0. The number of halogens is 1. The van der Waals surface area contributed by atoms with E-state index >= 15 is 0 Å². The smallest absolute Gasteiger partial charge is 0.225 e. The quantitative estimate of drug-likeness (QED) is 0.907. The first-order chi connectivity index (χ1) is 12.0. The van der Waals surface area contributed by atoms with Crippen LogP contribution in [0.25, 0.3) is 0 Å². The molecule has 25 heavy (non-hydrogen) atoms. The minimum absolute atomic E-state index is 0.0385. The van der Waals surface area contributed by atoms with Crippen LogP contribution in [0.3, 0.4) is 0 Å². The largest absolute Gasteiger partial charge is 0.352 e. The number of nitrogens with zero attached hydrogens (tertiary/aromatic N) is 2. The van der Waals surface area contributed by atoms with Crippen LogP contribution in [0.2, 0.25) is 0 Å². The molecule has 0 radical (unpaired) electrons. The summed E-state index contributed by atoms with van der Waals surface area (Å²) in [7, 11) is 0. The van der Waals surface area contributed by atoms with Crippen molar-refractivity contribution < 1.29 is 14.0 Å². The van der Waals surface area contributed by atoms with Gasteiger partial charge in [0.2, 0.25) is 11.8 Å². The van der Waals surface area contributed by atoms with E-state index in [2.05, 4.69) is 10.3 Å². The molecule has 1 fully saturated rings. The SMILES string of the molecule is Cc1cc(CNC(=O)C2CC(=O)N(Cc3ccccn3)C2)ccc1F. The van der Waals surface area contributed by atoms with E-state index in [1.165, 1.54) is 6.07 Å². The second kappa shape index (κ2) is 7.42. The lowest BCUT2D eigenvalue weighted by Gasteiger charge is -2.16. The molecule has 0 saturated carbocycles. The summed E-state index contributed by atoms with van der Waals surface area (Å²) in [4.78, 5) is 30.3. The van der Waals surface area contributed by atoms with Gasteiger partial charge in [0.15, 0.2) is 0 Å². The fourth-order valence-corrected chi connectivity index (χ4v) is 2.94. The van der Waals surface area contributed by atoms with Crippen LogP contribution in [0.5, 0.6) is 0 Å². The number of benzene rings is 1. The Morgan fingerprint density at radius 1 is 1.36 bits per heavy atom. The molecule has 1 aliphatic rings. The van der Waals surface area contributed by atoms with Crippen molar-refractivity contribution in [1.82, 2.24) is 15.2 Å². The predicted molar refractivity (Wildman–Crippen MR) is 90.7 cm³/mol. The molecule has 1 aliphatic heterocycles. The summed E-state index contributed by atoms with van der Waals surface area (Å²) < 4.78 is 13.3. The van der Waals surface area contributed by atoms with Crippen LogP contribution in [-0.4, -0.2) is 28.2 Å². The highest BCUT2D eigenvalue weighted by molar-refractivity contribution is 5.89. The van der Waals surface area contributed by atoms with Crippen molar-refractivity contribution in [2.24, 2.45) is 5.92 Å². The van der Waals surface area contributed by atoms with Gasteiger partial charge in [0, 0.05) is 25.7 Å². The number of carbonyl (C=O) groups excluding carboxylic acids is 2. The molecule has 130 valence electrons. The number of nitrogens with one attached hydrogen (secondary N) is 1. The number of hydrogen-bond donors (Lipinski definition) is 1. The molecular formula is C19H20FN3O2. The summed E-state index contributed by atoms with van der Waals surface area (Å²) in [6.45, 7) is 2.82. The van der Waals surface area contributed by atoms with Crippen LogP contribution in [0.15, 0.2) is 42.6 Å². The van der Waals surface area contributed by atoms with Crippen molar-refractivity contribution in [2.75, 3.05) is 6.54 Å². The van der Waals surface area contributed by atoms with E-state index in [-0.39, 0.29) is 30.0 Å². The third kappa shape index (κ3) is 4.21. The zero-order chi connectivity index (χ0) is 17.8. The normalized spacial score (nSPS) is 17.0. The van der Waals surface area contributed by atoms with E-state index in [0.717, 1.165) is 11.3 Å². The molecule has 2 amide bonds. The van der Waals surface area contributed by atoms with Crippen molar-refractivity contribution in [2.45, 2.75) is 26.4 Å². The molecule has 1 aromatic carbocycles. The number of rotatable bonds is 5. The zero-order valence-electron chi connectivity index (χ0n) is 14.0. The Labute approximate surface area is 145 Å². The molecule has 1 saturated heterocycles. The van der Waals surface area contributed by atoms with E-state index in [1.54, 1.807) is 30.2 Å². The molecule has 2 heterocycles. The standard InChI is InChI=1S/C19H20FN3O2/c1-13-8-14(5-6-17(13)20)10-22-19(25)15-9-18(24)23(11-15)12-16-4-2-3-7-21-16/h2-8,15H,9-12H2,1H3,(H,22,25). The lowest BCUT2D eigenvalue weighted by Crippen LogP contribution is -2.32. The maximum atomic E-state index is 13.3. The second-order valence-electron chi connectivity index (χ2n) is 6.30. The van der Waals surface area contributed by atoms with Gasteiger partial charge in [-0.25, -0.2) is 4.39 Å². The Hall–Kier alpha value is -2.76. The summed E-state index contributed by atoms with van der Waals surface area (Å²) in [5.41, 5.74) is 2.19. The van der Waals surface area contributed by atoms with Gasteiger partial charge in [0.05, 0.1) is 18.2 Å². The number of carbonyl (C=O) groups is 2. The third-order valence-corrected chi connectivity index (χ3v) is 4.35. The average molecular weight is 341 g/mol. The van der Waals surface area contributed by atoms with E-state index in [4.69, 9.17) is 0 Å². The van der Waals surface area contributed by atoms with E-state index in [1.807, 2.05) is 18.2 Å². The van der Waals surface area contributed by atoms with Crippen LogP contribution in [0.1, 0.15) is 23.2 Å². The molecule has 1 atom stereocenters. The van der Waals surface area contributed by atoms with Crippen LogP contribution in [0.4, 0.5) is 4.39 Å². The van der Waals surface area contributed by atoms with Gasteiger partial charge in [-0.15, -0.1) is 0 Å². The highest BCUT2D eigenvalue weighted by Crippen LogP contribution is 2.20. The summed E-state index contributed by atoms with van der Waals surface area (Å²) in [6.07, 6.45) is 1.89. The van der Waals surface area contributed by atoms with Crippen LogP contribution >= 0.6 is 0 Å². The van der Waals surface area contributed by atoms with Crippen LogP contribution in [0, 0.1) is 18.7 Å². The van der Waals surface area contributed by atoms with Gasteiger partial charge in [0.25, 0.3) is 0 Å². The van der Waals surface area contributed by atoms with E-state index in [9.17, 15) is 14.0 Å². The summed E-state index contributed by atoms with van der Waals surface area (Å²) >= 11 is 0. The molecular weight excluding hydrogens is 321 g/mol. The number of pyridine rings is 1. The minimum atomic E-state index is -0.363. The van der Waals surface area contributed by atoms with Gasteiger partial charge in [-0.05, 0) is 36.2 Å². The number of likely N-dealkylation sites (tertiary alicyclic amines) is 1. The van der Waals surface area contributed by atoms with Crippen LogP contribution < -0.4 is 5.32 Å². The monoisotopic (exact) mass is 341 g/mol. The number of amides is 2. The first kappa shape index (κ1) is 17.1. The Morgan fingerprint density at radius 2 is 2.20 bits per heavy atom. The maximum Gasteiger partial charge on any atom is 0.225 e. The maximum absolute atomic E-state index is 13.3. The average Bonchev–Trinajstić information content (AvgIpc) is 2.97. The number of aryl methyl sites for hydroxylation is 1. The highest BCUT2D eigenvalue weighted by Gasteiger charge is 2.34. The Balaban J connectivity index is 1.54. The second-order valence-corrected chi connectivity index (χ2v) is 6.30. The Kier molecular flexibility index (Phi) is 5.07. The van der Waals surface area contributed by atoms with Crippen molar-refractivity contribution in [3.8, 4) is 0 Å². The fraction of sp³-hybridized carbons (Fsp3) is 0.316. The van der Waals surface area contributed by atoms with Gasteiger partial charge >= 0.3 is 0 Å². The molecule has 1 unspecified atom stereocenters. The van der Waals surface area contributed by atoms with Crippen molar-refractivity contribution in [3.05, 3.63) is 65.2 Å². The van der Waals surface area contributed by atoms with Gasteiger partial charge in [-0.2, -0.15) is 0 Å². The molecule has 5 nitrogen and oxygen atoms in total. The Bertz CT molecular complexity index is 779. The molecule has 6 heteroatoms. The Morgan fingerprint density at radius 3 is 2.92 bits per heavy atom. The summed E-state index contributed by atoms with van der Waals surface area (Å²) in [5, 5.41) is 2.84. The first-order valence-electron chi connectivity index (χ1n) is 8.23. The van der Waals surface area contributed by atoms with Gasteiger partial charge in [-0.1, -0.05) is 18.2 Å². The van der Waals surface area contributed by atoms with Crippen LogP contribution in [-0.2, 0) is 22.7 Å². The molecule has 0 aliphatic carbocycles. The third-order valence-electron chi connectivity index (χ3n) is 4.35. The lowest BCUT2D eigenvalue weighted by atomic mass is 10.1. The lowest BCUT2D eigenvalue weighted by molar-refractivity contribution is -0.129. The summed E-state index contributed by atoms with van der Waals surface area (Å²) in [5.74, 6) is -0.818. The first-order valence-corrected chi connectivity index (χ1v) is 8.23. The summed E-state index contributed by atoms with van der Waals surface area (Å²) in [6, 6.07) is 10.3. The minimum Gasteiger partial charge on any atom is -0.352 e. The highest BCUT2D eigenvalue weighted by atomic mass is 19.1. The van der Waals surface area contributed by atoms with E-state index < -0.39 is 0 Å². The topological polar surface area (TPSA) is 62.3 Å². The molecule has 2 aromatic rings.